The highest BCUT2D eigenvalue weighted by Gasteiger charge is 2.11. The van der Waals surface area contributed by atoms with Crippen LogP contribution in [0, 0.1) is 17.0 Å². The smallest absolute Gasteiger partial charge is 0.269 e. The molecule has 0 atom stereocenters. The average molecular weight is 352 g/mol. The number of aromatic nitrogens is 3. The monoisotopic (exact) mass is 352 g/mol. The zero-order chi connectivity index (χ0) is 18.7. The Morgan fingerprint density at radius 3 is 2.58 bits per heavy atom. The van der Waals surface area contributed by atoms with Crippen molar-refractivity contribution >= 4 is 5.69 Å². The Morgan fingerprint density at radius 2 is 1.92 bits per heavy atom. The van der Waals surface area contributed by atoms with Crippen molar-refractivity contribution < 1.29 is 9.66 Å². The molecule has 3 rings (SSSR count). The van der Waals surface area contributed by atoms with Crippen molar-refractivity contribution in [1.29, 1.82) is 0 Å². The molecule has 0 amide bonds. The number of nitrogens with zero attached hydrogens (tertiary/aromatic N) is 4. The zero-order valence-corrected chi connectivity index (χ0v) is 14.9. The summed E-state index contributed by atoms with van der Waals surface area (Å²) in [5, 5.41) is 18.9. The first-order valence-electron chi connectivity index (χ1n) is 8.33. The lowest BCUT2D eigenvalue weighted by Gasteiger charge is -2.14. The Hall–Kier alpha value is -3.22. The Morgan fingerprint density at radius 1 is 1.19 bits per heavy atom. The lowest BCUT2D eigenvalue weighted by Crippen LogP contribution is -2.00. The third kappa shape index (κ3) is 3.88. The summed E-state index contributed by atoms with van der Waals surface area (Å²) in [5.74, 6) is 1.21. The number of benzene rings is 2. The number of ether oxygens (including phenoxy) is 1. The number of hydrogen-bond donors (Lipinski definition) is 0. The highest BCUT2D eigenvalue weighted by Crippen LogP contribution is 2.28. The van der Waals surface area contributed by atoms with E-state index in [0.29, 0.717) is 23.9 Å². The number of nitro groups is 1. The molecule has 2 aromatic carbocycles. The van der Waals surface area contributed by atoms with Crippen molar-refractivity contribution in [2.75, 3.05) is 0 Å². The zero-order valence-electron chi connectivity index (χ0n) is 14.9. The fourth-order valence-electron chi connectivity index (χ4n) is 2.61. The summed E-state index contributed by atoms with van der Waals surface area (Å²) >= 11 is 0. The summed E-state index contributed by atoms with van der Waals surface area (Å²) in [6, 6.07) is 12.3. The first-order valence-corrected chi connectivity index (χ1v) is 8.33. The average Bonchev–Trinajstić information content (AvgIpc) is 3.09. The van der Waals surface area contributed by atoms with Gasteiger partial charge in [0.2, 0.25) is 0 Å². The van der Waals surface area contributed by atoms with Crippen LogP contribution in [0.25, 0.3) is 5.69 Å². The van der Waals surface area contributed by atoms with Crippen LogP contribution < -0.4 is 4.74 Å². The van der Waals surface area contributed by atoms with Crippen molar-refractivity contribution in [3.05, 3.63) is 75.6 Å². The fourth-order valence-corrected chi connectivity index (χ4v) is 2.61. The predicted octanol–water partition coefficient (Wildman–Crippen LogP) is 4.19. The maximum Gasteiger partial charge on any atom is 0.269 e. The van der Waals surface area contributed by atoms with E-state index in [9.17, 15) is 10.1 Å². The molecule has 0 aliphatic carbocycles. The van der Waals surface area contributed by atoms with Crippen LogP contribution in [-0.2, 0) is 6.61 Å². The summed E-state index contributed by atoms with van der Waals surface area (Å²) in [5.41, 5.74) is 3.71. The summed E-state index contributed by atoms with van der Waals surface area (Å²) in [7, 11) is 0. The number of rotatable bonds is 6. The van der Waals surface area contributed by atoms with Gasteiger partial charge in [-0.15, -0.1) is 5.10 Å². The van der Waals surface area contributed by atoms with Crippen molar-refractivity contribution in [3.63, 3.8) is 0 Å². The van der Waals surface area contributed by atoms with Gasteiger partial charge in [-0.25, -0.2) is 4.68 Å². The van der Waals surface area contributed by atoms with E-state index < -0.39 is 4.92 Å². The Kier molecular flexibility index (Phi) is 4.97. The molecule has 7 heteroatoms. The lowest BCUT2D eigenvalue weighted by molar-refractivity contribution is -0.384. The van der Waals surface area contributed by atoms with Gasteiger partial charge >= 0.3 is 0 Å². The van der Waals surface area contributed by atoms with E-state index in [-0.39, 0.29) is 5.69 Å². The first-order chi connectivity index (χ1) is 12.4. The van der Waals surface area contributed by atoms with E-state index in [4.69, 9.17) is 4.74 Å². The van der Waals surface area contributed by atoms with Crippen molar-refractivity contribution in [2.45, 2.75) is 33.3 Å². The van der Waals surface area contributed by atoms with E-state index >= 15 is 0 Å². The van der Waals surface area contributed by atoms with Crippen LogP contribution in [0.15, 0.2) is 48.7 Å². The third-order valence-corrected chi connectivity index (χ3v) is 4.03. The molecule has 0 aliphatic rings. The maximum absolute atomic E-state index is 10.7. The topological polar surface area (TPSA) is 83.1 Å². The molecule has 0 radical (unpaired) electrons. The molecule has 3 aromatic rings. The Labute approximate surface area is 151 Å². The van der Waals surface area contributed by atoms with Gasteiger partial charge in [-0.3, -0.25) is 10.1 Å². The molecule has 1 aromatic heterocycles. The van der Waals surface area contributed by atoms with Gasteiger partial charge in [-0.05, 0) is 42.2 Å². The van der Waals surface area contributed by atoms with E-state index in [1.165, 1.54) is 12.1 Å². The molecule has 0 fully saturated rings. The lowest BCUT2D eigenvalue weighted by atomic mass is 10.0. The minimum absolute atomic E-state index is 0.0399. The van der Waals surface area contributed by atoms with E-state index in [0.717, 1.165) is 16.9 Å². The first kappa shape index (κ1) is 17.6. The molecule has 26 heavy (non-hydrogen) atoms. The second-order valence-electron chi connectivity index (χ2n) is 6.41. The molecule has 0 aliphatic heterocycles. The minimum Gasteiger partial charge on any atom is -0.487 e. The van der Waals surface area contributed by atoms with E-state index in [1.54, 1.807) is 23.0 Å². The molecule has 0 saturated heterocycles. The van der Waals surface area contributed by atoms with Crippen LogP contribution in [-0.4, -0.2) is 19.9 Å². The second kappa shape index (κ2) is 7.35. The van der Waals surface area contributed by atoms with Gasteiger partial charge in [0.15, 0.2) is 0 Å². The molecule has 7 nitrogen and oxygen atoms in total. The quantitative estimate of drug-likeness (QED) is 0.491. The summed E-state index contributed by atoms with van der Waals surface area (Å²) < 4.78 is 7.53. The SMILES string of the molecule is Cc1ccc(C(C)C)c(OCc2cn(-c3ccc([N+](=O)[O-])cc3)nn2)c1. The highest BCUT2D eigenvalue weighted by atomic mass is 16.6. The minimum atomic E-state index is -0.432. The van der Waals surface area contributed by atoms with Gasteiger partial charge in [-0.2, -0.15) is 0 Å². The van der Waals surface area contributed by atoms with Crippen LogP contribution in [0.2, 0.25) is 0 Å². The molecule has 0 unspecified atom stereocenters. The third-order valence-electron chi connectivity index (χ3n) is 4.03. The Balaban J connectivity index is 1.73. The van der Waals surface area contributed by atoms with Gasteiger partial charge in [0.1, 0.15) is 18.1 Å². The van der Waals surface area contributed by atoms with Gasteiger partial charge in [0.05, 0.1) is 16.8 Å². The molecular weight excluding hydrogens is 332 g/mol. The standard InChI is InChI=1S/C19H20N4O3/c1-13(2)18-9-4-14(3)10-19(18)26-12-15-11-22(21-20-15)16-5-7-17(8-6-16)23(24)25/h4-11,13H,12H2,1-3H3. The van der Waals surface area contributed by atoms with Gasteiger partial charge in [0.25, 0.3) is 5.69 Å². The van der Waals surface area contributed by atoms with Gasteiger partial charge in [-0.1, -0.05) is 31.2 Å². The molecule has 0 spiro atoms. The molecule has 134 valence electrons. The summed E-state index contributed by atoms with van der Waals surface area (Å²) in [4.78, 5) is 10.3. The highest BCUT2D eigenvalue weighted by molar-refractivity contribution is 5.41. The van der Waals surface area contributed by atoms with Gasteiger partial charge in [0, 0.05) is 12.1 Å². The second-order valence-corrected chi connectivity index (χ2v) is 6.41. The molecule has 0 bridgehead atoms. The predicted molar refractivity (Wildman–Crippen MR) is 97.6 cm³/mol. The molecular formula is C19H20N4O3. The van der Waals surface area contributed by atoms with Gasteiger partial charge < -0.3 is 4.74 Å². The normalized spacial score (nSPS) is 10.9. The van der Waals surface area contributed by atoms with Crippen LogP contribution in [0.3, 0.4) is 0 Å². The van der Waals surface area contributed by atoms with Crippen molar-refractivity contribution in [1.82, 2.24) is 15.0 Å². The Bertz CT molecular complexity index is 917. The summed E-state index contributed by atoms with van der Waals surface area (Å²) in [6.45, 7) is 6.59. The van der Waals surface area contributed by atoms with Crippen LogP contribution in [0.4, 0.5) is 5.69 Å². The number of non-ortho nitro benzene ring substituents is 1. The summed E-state index contributed by atoms with van der Waals surface area (Å²) in [6.07, 6.45) is 1.76. The maximum atomic E-state index is 10.7. The van der Waals surface area contributed by atoms with Crippen LogP contribution in [0.1, 0.15) is 36.6 Å². The fraction of sp³-hybridized carbons (Fsp3) is 0.263. The van der Waals surface area contributed by atoms with Crippen LogP contribution >= 0.6 is 0 Å². The van der Waals surface area contributed by atoms with E-state index in [1.807, 2.05) is 13.0 Å². The number of hydrogen-bond acceptors (Lipinski definition) is 5. The number of aryl methyl sites for hydroxylation is 1. The van der Waals surface area contributed by atoms with Crippen molar-refractivity contribution in [3.8, 4) is 11.4 Å². The molecule has 0 saturated carbocycles. The van der Waals surface area contributed by atoms with Crippen LogP contribution in [0.5, 0.6) is 5.75 Å². The van der Waals surface area contributed by atoms with E-state index in [2.05, 4.69) is 36.3 Å². The molecule has 1 heterocycles. The molecule has 0 N–H and O–H groups in total. The van der Waals surface area contributed by atoms with Crippen molar-refractivity contribution in [2.24, 2.45) is 0 Å². The largest absolute Gasteiger partial charge is 0.487 e. The number of nitro benzene ring substituents is 1.